The Morgan fingerprint density at radius 3 is 2.64 bits per heavy atom. The minimum atomic E-state index is -0.0116. The molecule has 1 atom stereocenters. The number of rotatable bonds is 5. The summed E-state index contributed by atoms with van der Waals surface area (Å²) in [6.45, 7) is 8.10. The van der Waals surface area contributed by atoms with Crippen LogP contribution in [-0.2, 0) is 9.59 Å². The molecule has 1 unspecified atom stereocenters. The minimum Gasteiger partial charge on any atom is -0.506 e. The van der Waals surface area contributed by atoms with Crippen molar-refractivity contribution in [3.05, 3.63) is 33.4 Å². The van der Waals surface area contributed by atoms with Crippen molar-refractivity contribution >= 4 is 51.7 Å². The SMILES string of the molecule is C=CC(=O)N1CCC(N2CCN(C(=O)CNc3cc(I)c(Cl)cc3O)CC2)C1. The summed E-state index contributed by atoms with van der Waals surface area (Å²) in [5, 5.41) is 13.4. The number of phenols is 1. The van der Waals surface area contributed by atoms with Crippen molar-refractivity contribution in [2.45, 2.75) is 12.5 Å². The first-order valence-corrected chi connectivity index (χ1v) is 10.7. The molecule has 2 aliphatic rings. The highest BCUT2D eigenvalue weighted by Crippen LogP contribution is 2.31. The van der Waals surface area contributed by atoms with E-state index in [-0.39, 0.29) is 24.1 Å². The largest absolute Gasteiger partial charge is 0.506 e. The number of carbonyl (C=O) groups is 2. The molecule has 0 bridgehead atoms. The maximum atomic E-state index is 12.5. The Balaban J connectivity index is 1.46. The molecule has 28 heavy (non-hydrogen) atoms. The molecular formula is C19H24ClIN4O3. The predicted molar refractivity (Wildman–Crippen MR) is 118 cm³/mol. The highest BCUT2D eigenvalue weighted by atomic mass is 127. The van der Waals surface area contributed by atoms with E-state index in [0.29, 0.717) is 29.8 Å². The van der Waals surface area contributed by atoms with Crippen molar-refractivity contribution in [1.29, 1.82) is 0 Å². The first-order chi connectivity index (χ1) is 13.4. The first kappa shape index (κ1) is 21.2. The van der Waals surface area contributed by atoms with E-state index < -0.39 is 0 Å². The summed E-state index contributed by atoms with van der Waals surface area (Å²) in [5.41, 5.74) is 0.499. The van der Waals surface area contributed by atoms with Crippen LogP contribution in [0.5, 0.6) is 5.75 Å². The Hall–Kier alpha value is -1.52. The van der Waals surface area contributed by atoms with Gasteiger partial charge in [0.1, 0.15) is 5.75 Å². The topological polar surface area (TPSA) is 76.1 Å². The summed E-state index contributed by atoms with van der Waals surface area (Å²) in [6, 6.07) is 3.55. The molecule has 2 heterocycles. The van der Waals surface area contributed by atoms with Gasteiger partial charge in [-0.15, -0.1) is 0 Å². The molecule has 7 nitrogen and oxygen atoms in total. The number of nitrogens with one attached hydrogen (secondary N) is 1. The summed E-state index contributed by atoms with van der Waals surface area (Å²) >= 11 is 8.05. The molecule has 0 aliphatic carbocycles. The van der Waals surface area contributed by atoms with Crippen LogP contribution in [0.25, 0.3) is 0 Å². The number of phenolic OH excluding ortho intramolecular Hbond substituents is 1. The molecule has 1 aromatic carbocycles. The highest BCUT2D eigenvalue weighted by molar-refractivity contribution is 14.1. The van der Waals surface area contributed by atoms with Gasteiger partial charge in [-0.3, -0.25) is 14.5 Å². The van der Waals surface area contributed by atoms with Gasteiger partial charge in [-0.2, -0.15) is 0 Å². The van der Waals surface area contributed by atoms with Crippen LogP contribution in [0, 0.1) is 3.57 Å². The van der Waals surface area contributed by atoms with Gasteiger partial charge >= 0.3 is 0 Å². The van der Waals surface area contributed by atoms with Crippen molar-refractivity contribution < 1.29 is 14.7 Å². The zero-order valence-electron chi connectivity index (χ0n) is 15.5. The number of benzene rings is 1. The summed E-state index contributed by atoms with van der Waals surface area (Å²) in [5.74, 6) is 0.0179. The van der Waals surface area contributed by atoms with Crippen LogP contribution < -0.4 is 5.32 Å². The van der Waals surface area contributed by atoms with Gasteiger partial charge in [0.15, 0.2) is 0 Å². The molecule has 3 rings (SSSR count). The Kier molecular flexibility index (Phi) is 7.05. The van der Waals surface area contributed by atoms with Gasteiger partial charge in [-0.1, -0.05) is 18.2 Å². The van der Waals surface area contributed by atoms with Crippen LogP contribution in [0.4, 0.5) is 5.69 Å². The second-order valence-corrected chi connectivity index (χ2v) is 8.55. The number of aromatic hydroxyl groups is 1. The van der Waals surface area contributed by atoms with Gasteiger partial charge in [0.25, 0.3) is 0 Å². The van der Waals surface area contributed by atoms with Crippen molar-refractivity contribution in [2.75, 3.05) is 51.1 Å². The Morgan fingerprint density at radius 1 is 1.25 bits per heavy atom. The molecule has 2 saturated heterocycles. The molecule has 0 aromatic heterocycles. The lowest BCUT2D eigenvalue weighted by molar-refractivity contribution is -0.131. The fourth-order valence-corrected chi connectivity index (χ4v) is 4.29. The molecule has 2 amide bonds. The molecule has 1 aromatic rings. The molecular weight excluding hydrogens is 495 g/mol. The summed E-state index contributed by atoms with van der Waals surface area (Å²) in [4.78, 5) is 30.3. The van der Waals surface area contributed by atoms with Crippen LogP contribution >= 0.6 is 34.2 Å². The maximum Gasteiger partial charge on any atom is 0.246 e. The Bertz CT molecular complexity index is 768. The average Bonchev–Trinajstić information content (AvgIpc) is 3.19. The summed E-state index contributed by atoms with van der Waals surface area (Å²) in [7, 11) is 0. The zero-order chi connectivity index (χ0) is 20.3. The van der Waals surface area contributed by atoms with Gasteiger partial charge in [0.2, 0.25) is 11.8 Å². The number of hydrogen-bond donors (Lipinski definition) is 2. The number of carbonyl (C=O) groups excluding carboxylic acids is 2. The fourth-order valence-electron chi connectivity index (χ4n) is 3.67. The molecule has 152 valence electrons. The quantitative estimate of drug-likeness (QED) is 0.354. The fraction of sp³-hybridized carbons (Fsp3) is 0.474. The van der Waals surface area contributed by atoms with E-state index in [1.54, 1.807) is 6.07 Å². The van der Waals surface area contributed by atoms with E-state index in [9.17, 15) is 14.7 Å². The van der Waals surface area contributed by atoms with Crippen LogP contribution in [0.15, 0.2) is 24.8 Å². The van der Waals surface area contributed by atoms with Gasteiger partial charge in [-0.05, 0) is 41.2 Å². The molecule has 0 radical (unpaired) electrons. The second kappa shape index (κ2) is 9.32. The van der Waals surface area contributed by atoms with Crippen molar-refractivity contribution in [1.82, 2.24) is 14.7 Å². The number of halogens is 2. The third-order valence-corrected chi connectivity index (χ3v) is 6.83. The van der Waals surface area contributed by atoms with Crippen molar-refractivity contribution in [3.8, 4) is 5.75 Å². The average molecular weight is 519 g/mol. The van der Waals surface area contributed by atoms with Crippen molar-refractivity contribution in [2.24, 2.45) is 0 Å². The third-order valence-electron chi connectivity index (χ3n) is 5.30. The van der Waals surface area contributed by atoms with Crippen molar-refractivity contribution in [3.63, 3.8) is 0 Å². The number of amides is 2. The number of hydrogen-bond acceptors (Lipinski definition) is 5. The summed E-state index contributed by atoms with van der Waals surface area (Å²) < 4.78 is 0.807. The van der Waals surface area contributed by atoms with Crippen LogP contribution in [-0.4, -0.2) is 83.5 Å². The Morgan fingerprint density at radius 2 is 1.96 bits per heavy atom. The number of anilines is 1. The van der Waals surface area contributed by atoms with Crippen LogP contribution in [0.1, 0.15) is 6.42 Å². The number of nitrogens with zero attached hydrogens (tertiary/aromatic N) is 3. The van der Waals surface area contributed by atoms with E-state index in [1.165, 1.54) is 12.1 Å². The minimum absolute atomic E-state index is 0.00103. The van der Waals surface area contributed by atoms with Gasteiger partial charge < -0.3 is 20.2 Å². The zero-order valence-corrected chi connectivity index (χ0v) is 18.4. The van der Waals surface area contributed by atoms with E-state index in [0.717, 1.165) is 36.2 Å². The lowest BCUT2D eigenvalue weighted by Gasteiger charge is -2.38. The first-order valence-electron chi connectivity index (χ1n) is 9.24. The second-order valence-electron chi connectivity index (χ2n) is 6.98. The Labute approximate surface area is 183 Å². The van der Waals surface area contributed by atoms with Gasteiger partial charge in [-0.25, -0.2) is 0 Å². The van der Waals surface area contributed by atoms with E-state index >= 15 is 0 Å². The maximum absolute atomic E-state index is 12.5. The third kappa shape index (κ3) is 4.90. The van der Waals surface area contributed by atoms with E-state index in [1.807, 2.05) is 9.80 Å². The molecule has 2 fully saturated rings. The number of likely N-dealkylation sites (tertiary alicyclic amines) is 1. The number of piperazine rings is 1. The lowest BCUT2D eigenvalue weighted by Crippen LogP contribution is -2.53. The van der Waals surface area contributed by atoms with Crippen LogP contribution in [0.3, 0.4) is 0 Å². The summed E-state index contributed by atoms with van der Waals surface area (Å²) in [6.07, 6.45) is 2.33. The van der Waals surface area contributed by atoms with Gasteiger partial charge in [0, 0.05) is 54.9 Å². The molecule has 0 spiro atoms. The highest BCUT2D eigenvalue weighted by Gasteiger charge is 2.32. The molecule has 0 saturated carbocycles. The molecule has 9 heteroatoms. The molecule has 2 aliphatic heterocycles. The monoisotopic (exact) mass is 518 g/mol. The predicted octanol–water partition coefficient (Wildman–Crippen LogP) is 1.99. The van der Waals surface area contributed by atoms with Gasteiger partial charge in [0.05, 0.1) is 17.3 Å². The standard InChI is InChI=1S/C19H24ClIN4O3/c1-2-18(27)25-4-3-13(12-25)23-5-7-24(8-6-23)19(28)11-22-16-10-15(21)14(20)9-17(16)26/h2,9-10,13,22,26H,1,3-8,11-12H2. The molecule has 2 N–H and O–H groups in total. The lowest BCUT2D eigenvalue weighted by atomic mass is 10.2. The van der Waals surface area contributed by atoms with E-state index in [4.69, 9.17) is 11.6 Å². The smallest absolute Gasteiger partial charge is 0.246 e. The van der Waals surface area contributed by atoms with E-state index in [2.05, 4.69) is 39.4 Å². The normalized spacial score (nSPS) is 20.3. The van der Waals surface area contributed by atoms with Crippen LogP contribution in [0.2, 0.25) is 5.02 Å².